The second-order valence-electron chi connectivity index (χ2n) is 4.47. The minimum absolute atomic E-state index is 0.0103. The summed E-state index contributed by atoms with van der Waals surface area (Å²) in [6.45, 7) is 1.99. The molecule has 0 spiro atoms. The van der Waals surface area contributed by atoms with E-state index in [1.54, 1.807) is 0 Å². The number of nitrogens with one attached hydrogen (secondary N) is 1. The van der Waals surface area contributed by atoms with E-state index in [2.05, 4.69) is 27.2 Å². The van der Waals surface area contributed by atoms with E-state index in [4.69, 9.17) is 12.2 Å². The topological polar surface area (TPSA) is 55.1 Å². The van der Waals surface area contributed by atoms with Gasteiger partial charge < -0.3 is 11.1 Å². The van der Waals surface area contributed by atoms with E-state index in [-0.39, 0.29) is 11.9 Å². The third-order valence-electron chi connectivity index (χ3n) is 3.09. The first-order chi connectivity index (χ1) is 9.56. The van der Waals surface area contributed by atoms with E-state index in [1.165, 1.54) is 11.3 Å². The van der Waals surface area contributed by atoms with Gasteiger partial charge in [-0.3, -0.25) is 4.79 Å². The van der Waals surface area contributed by atoms with Crippen LogP contribution >= 0.6 is 27.3 Å². The third kappa shape index (κ3) is 2.97. The van der Waals surface area contributed by atoms with Crippen LogP contribution in [0.15, 0.2) is 22.7 Å². The SMILES string of the molecule is C#CCC(CC)NC(=O)c1sc2ccc(Br)cc2c1N. The van der Waals surface area contributed by atoms with Crippen molar-refractivity contribution >= 4 is 48.9 Å². The van der Waals surface area contributed by atoms with Gasteiger partial charge in [0.2, 0.25) is 0 Å². The van der Waals surface area contributed by atoms with E-state index in [0.29, 0.717) is 17.0 Å². The molecule has 0 aliphatic rings. The number of rotatable bonds is 4. The van der Waals surface area contributed by atoms with Crippen LogP contribution in [0.3, 0.4) is 0 Å². The van der Waals surface area contributed by atoms with Crippen LogP contribution in [0, 0.1) is 12.3 Å². The highest BCUT2D eigenvalue weighted by Crippen LogP contribution is 2.35. The minimum atomic E-state index is -0.151. The molecule has 0 aliphatic carbocycles. The molecular weight excluding hydrogens is 336 g/mol. The fourth-order valence-corrected chi connectivity index (χ4v) is 3.32. The van der Waals surface area contributed by atoms with Crippen molar-refractivity contribution in [1.29, 1.82) is 0 Å². The van der Waals surface area contributed by atoms with Gasteiger partial charge in [0.15, 0.2) is 0 Å². The quantitative estimate of drug-likeness (QED) is 0.824. The van der Waals surface area contributed by atoms with Gasteiger partial charge in [0.05, 0.1) is 5.69 Å². The number of benzene rings is 1. The number of anilines is 1. The standard InChI is InChI=1S/C15H15BrN2OS/c1-3-5-10(4-2)18-15(19)14-13(17)11-8-9(16)6-7-12(11)20-14/h1,6-8,10H,4-5,17H2,2H3,(H,18,19). The molecule has 104 valence electrons. The van der Waals surface area contributed by atoms with Gasteiger partial charge in [0, 0.05) is 27.0 Å². The maximum absolute atomic E-state index is 12.3. The van der Waals surface area contributed by atoms with Crippen LogP contribution in [0.4, 0.5) is 5.69 Å². The van der Waals surface area contributed by atoms with Crippen molar-refractivity contribution in [3.05, 3.63) is 27.5 Å². The van der Waals surface area contributed by atoms with E-state index < -0.39 is 0 Å². The zero-order valence-corrected chi connectivity index (χ0v) is 13.5. The number of fused-ring (bicyclic) bond motifs is 1. The number of hydrogen-bond donors (Lipinski definition) is 2. The zero-order valence-electron chi connectivity index (χ0n) is 11.1. The molecular formula is C15H15BrN2OS. The predicted molar refractivity (Wildman–Crippen MR) is 88.9 cm³/mol. The fourth-order valence-electron chi connectivity index (χ4n) is 1.95. The summed E-state index contributed by atoms with van der Waals surface area (Å²) in [5.41, 5.74) is 6.62. The van der Waals surface area contributed by atoms with Crippen molar-refractivity contribution < 1.29 is 4.79 Å². The first-order valence-corrected chi connectivity index (χ1v) is 7.89. The maximum Gasteiger partial charge on any atom is 0.263 e. The molecule has 3 N–H and O–H groups in total. The molecule has 2 rings (SSSR count). The first kappa shape index (κ1) is 14.9. The summed E-state index contributed by atoms with van der Waals surface area (Å²) in [4.78, 5) is 12.9. The Balaban J connectivity index is 2.31. The third-order valence-corrected chi connectivity index (χ3v) is 4.77. The Labute approximate surface area is 130 Å². The number of carbonyl (C=O) groups excluding carboxylic acids is 1. The van der Waals surface area contributed by atoms with Crippen LogP contribution in [0.25, 0.3) is 10.1 Å². The molecule has 1 atom stereocenters. The van der Waals surface area contributed by atoms with Crippen LogP contribution in [0.5, 0.6) is 0 Å². The van der Waals surface area contributed by atoms with Gasteiger partial charge in [-0.15, -0.1) is 23.7 Å². The van der Waals surface area contributed by atoms with Crippen LogP contribution in [0.1, 0.15) is 29.4 Å². The van der Waals surface area contributed by atoms with Crippen molar-refractivity contribution in [3.63, 3.8) is 0 Å². The second-order valence-corrected chi connectivity index (χ2v) is 6.44. The number of nitrogen functional groups attached to an aromatic ring is 1. The lowest BCUT2D eigenvalue weighted by molar-refractivity contribution is 0.0941. The van der Waals surface area contributed by atoms with Crippen molar-refractivity contribution in [2.75, 3.05) is 5.73 Å². The van der Waals surface area contributed by atoms with Gasteiger partial charge in [0.25, 0.3) is 5.91 Å². The van der Waals surface area contributed by atoms with Gasteiger partial charge >= 0.3 is 0 Å². The Morgan fingerprint density at radius 3 is 3.00 bits per heavy atom. The number of terminal acetylenes is 1. The summed E-state index contributed by atoms with van der Waals surface area (Å²) in [7, 11) is 0. The minimum Gasteiger partial charge on any atom is -0.397 e. The summed E-state index contributed by atoms with van der Waals surface area (Å²) < 4.78 is 1.95. The van der Waals surface area contributed by atoms with E-state index in [9.17, 15) is 4.79 Å². The summed E-state index contributed by atoms with van der Waals surface area (Å²) in [6, 6.07) is 5.81. The normalized spacial score (nSPS) is 12.1. The Bertz CT molecular complexity index is 687. The predicted octanol–water partition coefficient (Wildman–Crippen LogP) is 3.78. The molecule has 1 aromatic heterocycles. The number of amides is 1. The molecule has 5 heteroatoms. The molecule has 1 heterocycles. The molecule has 0 fully saturated rings. The van der Waals surface area contributed by atoms with Crippen LogP contribution in [0.2, 0.25) is 0 Å². The van der Waals surface area contributed by atoms with Crippen molar-refractivity contribution in [2.45, 2.75) is 25.8 Å². The zero-order chi connectivity index (χ0) is 14.7. The Morgan fingerprint density at radius 1 is 1.60 bits per heavy atom. The molecule has 0 aliphatic heterocycles. The Hall–Kier alpha value is -1.51. The molecule has 0 saturated carbocycles. The number of halogens is 1. The van der Waals surface area contributed by atoms with Gasteiger partial charge in [-0.2, -0.15) is 0 Å². The Morgan fingerprint density at radius 2 is 2.35 bits per heavy atom. The van der Waals surface area contributed by atoms with Crippen molar-refractivity contribution in [2.24, 2.45) is 0 Å². The molecule has 2 aromatic rings. The second kappa shape index (κ2) is 6.29. The highest BCUT2D eigenvalue weighted by molar-refractivity contribution is 9.10. The lowest BCUT2D eigenvalue weighted by Gasteiger charge is -2.13. The average molecular weight is 351 g/mol. The van der Waals surface area contributed by atoms with E-state index in [1.807, 2.05) is 25.1 Å². The van der Waals surface area contributed by atoms with Gasteiger partial charge in [-0.05, 0) is 24.6 Å². The first-order valence-electron chi connectivity index (χ1n) is 6.28. The molecule has 20 heavy (non-hydrogen) atoms. The lowest BCUT2D eigenvalue weighted by atomic mass is 10.1. The summed E-state index contributed by atoms with van der Waals surface area (Å²) in [5.74, 6) is 2.42. The molecule has 1 amide bonds. The number of carbonyl (C=O) groups is 1. The fraction of sp³-hybridized carbons (Fsp3) is 0.267. The summed E-state index contributed by atoms with van der Waals surface area (Å²) >= 11 is 4.81. The summed E-state index contributed by atoms with van der Waals surface area (Å²) in [6.07, 6.45) is 6.62. The van der Waals surface area contributed by atoms with Crippen molar-refractivity contribution in [1.82, 2.24) is 5.32 Å². The van der Waals surface area contributed by atoms with E-state index >= 15 is 0 Å². The molecule has 1 unspecified atom stereocenters. The van der Waals surface area contributed by atoms with Crippen molar-refractivity contribution in [3.8, 4) is 12.3 Å². The monoisotopic (exact) mass is 350 g/mol. The van der Waals surface area contributed by atoms with Gasteiger partial charge in [0.1, 0.15) is 4.88 Å². The molecule has 0 radical (unpaired) electrons. The smallest absolute Gasteiger partial charge is 0.263 e. The Kier molecular flexibility index (Phi) is 4.69. The molecule has 0 saturated heterocycles. The average Bonchev–Trinajstić information content (AvgIpc) is 2.75. The summed E-state index contributed by atoms with van der Waals surface area (Å²) in [5, 5.41) is 3.84. The van der Waals surface area contributed by atoms with Gasteiger partial charge in [-0.25, -0.2) is 0 Å². The van der Waals surface area contributed by atoms with Crippen LogP contribution in [-0.4, -0.2) is 11.9 Å². The van der Waals surface area contributed by atoms with Gasteiger partial charge in [-0.1, -0.05) is 22.9 Å². The maximum atomic E-state index is 12.3. The largest absolute Gasteiger partial charge is 0.397 e. The lowest BCUT2D eigenvalue weighted by Crippen LogP contribution is -2.33. The molecule has 1 aromatic carbocycles. The number of hydrogen-bond acceptors (Lipinski definition) is 3. The van der Waals surface area contributed by atoms with Crippen LogP contribution in [-0.2, 0) is 0 Å². The molecule has 3 nitrogen and oxygen atoms in total. The highest BCUT2D eigenvalue weighted by Gasteiger charge is 2.18. The number of nitrogens with two attached hydrogens (primary N) is 1. The van der Waals surface area contributed by atoms with E-state index in [0.717, 1.165) is 21.0 Å². The molecule has 0 bridgehead atoms. The van der Waals surface area contributed by atoms with Crippen LogP contribution < -0.4 is 11.1 Å². The number of thiophene rings is 1. The highest BCUT2D eigenvalue weighted by atomic mass is 79.9.